The number of ketones is 2. The molecule has 0 aromatic carbocycles. The predicted molar refractivity (Wildman–Crippen MR) is 83.5 cm³/mol. The van der Waals surface area contributed by atoms with Gasteiger partial charge in [0.15, 0.2) is 11.6 Å². The summed E-state index contributed by atoms with van der Waals surface area (Å²) in [5, 5.41) is 11.2. The number of nitrogens with zero attached hydrogens (tertiary/aromatic N) is 2. The highest BCUT2D eigenvalue weighted by atomic mass is 32.1. The van der Waals surface area contributed by atoms with Crippen LogP contribution in [0.2, 0.25) is 0 Å². The molecule has 0 radical (unpaired) electrons. The largest absolute Gasteiger partial charge is 0.293 e. The van der Waals surface area contributed by atoms with Crippen molar-refractivity contribution in [2.75, 3.05) is 0 Å². The normalized spacial score (nSPS) is 11.4. The van der Waals surface area contributed by atoms with Crippen LogP contribution in [-0.2, 0) is 0 Å². The lowest BCUT2D eigenvalue weighted by Gasteiger charge is -1.90. The molecule has 0 saturated carbocycles. The van der Waals surface area contributed by atoms with Crippen LogP contribution in [0.3, 0.4) is 0 Å². The van der Waals surface area contributed by atoms with Crippen LogP contribution in [-0.4, -0.2) is 24.0 Å². The van der Waals surface area contributed by atoms with Crippen molar-refractivity contribution in [1.29, 1.82) is 0 Å². The van der Waals surface area contributed by atoms with Gasteiger partial charge in [-0.25, -0.2) is 0 Å². The summed E-state index contributed by atoms with van der Waals surface area (Å²) in [4.78, 5) is 24.7. The van der Waals surface area contributed by atoms with E-state index in [1.165, 1.54) is 35.1 Å². The van der Waals surface area contributed by atoms with Crippen LogP contribution in [0.4, 0.5) is 0 Å². The molecule has 2 heterocycles. The first-order chi connectivity index (χ1) is 9.77. The lowest BCUT2D eigenvalue weighted by Crippen LogP contribution is -1.96. The van der Waals surface area contributed by atoms with E-state index in [0.29, 0.717) is 9.75 Å². The molecule has 0 saturated heterocycles. The first-order valence-corrected chi connectivity index (χ1v) is 7.70. The Morgan fingerprint density at radius 2 is 1.35 bits per heavy atom. The minimum atomic E-state index is 0.0219. The van der Waals surface area contributed by atoms with E-state index in [2.05, 4.69) is 10.2 Å². The molecule has 0 atom stereocenters. The molecular formula is C14H12N2O2S2. The summed E-state index contributed by atoms with van der Waals surface area (Å²) in [5.74, 6) is 0.0437. The average Bonchev–Trinajstić information content (AvgIpc) is 3.14. The molecule has 0 N–H and O–H groups in total. The van der Waals surface area contributed by atoms with Crippen LogP contribution < -0.4 is 0 Å². The third-order valence-electron chi connectivity index (χ3n) is 2.38. The van der Waals surface area contributed by atoms with Crippen LogP contribution >= 0.6 is 22.7 Å². The van der Waals surface area contributed by atoms with Gasteiger partial charge in [0, 0.05) is 25.3 Å². The van der Waals surface area contributed by atoms with Gasteiger partial charge in [0.25, 0.3) is 0 Å². The molecular weight excluding hydrogens is 292 g/mol. The Hall–Kier alpha value is -1.92. The van der Waals surface area contributed by atoms with E-state index in [4.69, 9.17) is 0 Å². The highest BCUT2D eigenvalue weighted by Crippen LogP contribution is 2.11. The molecule has 0 unspecified atom stereocenters. The molecule has 4 nitrogen and oxygen atoms in total. The Morgan fingerprint density at radius 3 is 1.70 bits per heavy atom. The molecule has 2 aromatic rings. The monoisotopic (exact) mass is 304 g/mol. The number of hydrogen-bond donors (Lipinski definition) is 0. The van der Waals surface area contributed by atoms with Gasteiger partial charge >= 0.3 is 0 Å². The summed E-state index contributed by atoms with van der Waals surface area (Å²) in [7, 11) is 0. The second kappa shape index (κ2) is 7.62. The molecule has 0 bridgehead atoms. The number of carbonyl (C=O) groups excluding carboxylic acids is 2. The van der Waals surface area contributed by atoms with Crippen molar-refractivity contribution >= 4 is 46.7 Å². The molecule has 2 rings (SSSR count). The van der Waals surface area contributed by atoms with Crippen molar-refractivity contribution in [1.82, 2.24) is 0 Å². The number of rotatable bonds is 7. The SMILES string of the molecule is O=C(C/C=N/N=C/CC(=O)c1cccs1)c1cccs1. The third kappa shape index (κ3) is 4.32. The van der Waals surface area contributed by atoms with Crippen molar-refractivity contribution < 1.29 is 9.59 Å². The fraction of sp³-hybridized carbons (Fsp3) is 0.143. The van der Waals surface area contributed by atoms with E-state index in [-0.39, 0.29) is 24.4 Å². The van der Waals surface area contributed by atoms with Gasteiger partial charge in [-0.05, 0) is 22.9 Å². The van der Waals surface area contributed by atoms with Gasteiger partial charge in [0.2, 0.25) is 0 Å². The van der Waals surface area contributed by atoms with Crippen molar-refractivity contribution in [3.8, 4) is 0 Å². The minimum Gasteiger partial charge on any atom is -0.293 e. The first kappa shape index (κ1) is 14.5. The quantitative estimate of drug-likeness (QED) is 0.445. The maximum Gasteiger partial charge on any atom is 0.178 e. The number of Topliss-reactive ketones (excluding diaryl/α,β-unsaturated/α-hetero) is 2. The van der Waals surface area contributed by atoms with Gasteiger partial charge in [-0.1, -0.05) is 12.1 Å². The standard InChI is InChI=1S/C14H12N2O2S2/c17-11(13-3-1-9-19-13)5-7-15-16-8-6-12(18)14-4-2-10-20-14/h1-4,7-10H,5-6H2/b15-7+,16-8+. The fourth-order valence-corrected chi connectivity index (χ4v) is 2.77. The van der Waals surface area contributed by atoms with Crippen molar-refractivity contribution in [3.63, 3.8) is 0 Å². The van der Waals surface area contributed by atoms with E-state index in [9.17, 15) is 9.59 Å². The molecule has 0 aliphatic rings. The second-order valence-electron chi connectivity index (χ2n) is 3.81. The molecule has 0 spiro atoms. The van der Waals surface area contributed by atoms with Crippen LogP contribution in [0.5, 0.6) is 0 Å². The molecule has 2 aromatic heterocycles. The maximum atomic E-state index is 11.6. The van der Waals surface area contributed by atoms with Gasteiger partial charge < -0.3 is 0 Å². The zero-order valence-electron chi connectivity index (χ0n) is 10.6. The lowest BCUT2D eigenvalue weighted by molar-refractivity contribution is 0.0997. The van der Waals surface area contributed by atoms with E-state index >= 15 is 0 Å². The fourth-order valence-electron chi connectivity index (χ4n) is 1.42. The Labute approximate surface area is 124 Å². The zero-order chi connectivity index (χ0) is 14.2. The summed E-state index contributed by atoms with van der Waals surface area (Å²) in [6.45, 7) is 0. The van der Waals surface area contributed by atoms with Gasteiger partial charge in [-0.3, -0.25) is 9.59 Å². The van der Waals surface area contributed by atoms with Gasteiger partial charge in [0.05, 0.1) is 9.75 Å². The first-order valence-electron chi connectivity index (χ1n) is 5.94. The second-order valence-corrected chi connectivity index (χ2v) is 5.70. The predicted octanol–water partition coefficient (Wildman–Crippen LogP) is 3.71. The van der Waals surface area contributed by atoms with Crippen LogP contribution in [0, 0.1) is 0 Å². The summed E-state index contributed by atoms with van der Waals surface area (Å²) in [6.07, 6.45) is 3.34. The van der Waals surface area contributed by atoms with Crippen molar-refractivity contribution in [3.05, 3.63) is 44.8 Å². The van der Waals surface area contributed by atoms with Crippen molar-refractivity contribution in [2.24, 2.45) is 10.2 Å². The van der Waals surface area contributed by atoms with E-state index < -0.39 is 0 Å². The Morgan fingerprint density at radius 1 is 0.900 bits per heavy atom. The van der Waals surface area contributed by atoms with Crippen LogP contribution in [0.1, 0.15) is 32.2 Å². The van der Waals surface area contributed by atoms with E-state index in [0.717, 1.165) is 0 Å². The summed E-state index contributed by atoms with van der Waals surface area (Å²) < 4.78 is 0. The summed E-state index contributed by atoms with van der Waals surface area (Å²) >= 11 is 2.82. The summed E-state index contributed by atoms with van der Waals surface area (Å²) in [6, 6.07) is 7.24. The highest BCUT2D eigenvalue weighted by molar-refractivity contribution is 7.12. The third-order valence-corrected chi connectivity index (χ3v) is 4.20. The van der Waals surface area contributed by atoms with Crippen molar-refractivity contribution in [2.45, 2.75) is 12.8 Å². The Kier molecular flexibility index (Phi) is 5.52. The number of thiophene rings is 2. The topological polar surface area (TPSA) is 58.9 Å². The number of carbonyl (C=O) groups is 2. The van der Waals surface area contributed by atoms with E-state index in [1.54, 1.807) is 12.1 Å². The molecule has 0 aliphatic carbocycles. The molecule has 6 heteroatoms. The molecule has 0 fully saturated rings. The minimum absolute atomic E-state index is 0.0219. The average molecular weight is 304 g/mol. The molecule has 20 heavy (non-hydrogen) atoms. The zero-order valence-corrected chi connectivity index (χ0v) is 12.2. The van der Waals surface area contributed by atoms with E-state index in [1.807, 2.05) is 22.9 Å². The van der Waals surface area contributed by atoms with Gasteiger partial charge in [-0.15, -0.1) is 22.7 Å². The molecule has 0 amide bonds. The smallest absolute Gasteiger partial charge is 0.178 e. The Balaban J connectivity index is 1.72. The number of hydrogen-bond acceptors (Lipinski definition) is 6. The Bertz CT molecular complexity index is 557. The van der Waals surface area contributed by atoms with Gasteiger partial charge in [0.1, 0.15) is 0 Å². The molecule has 102 valence electrons. The van der Waals surface area contributed by atoms with Crippen LogP contribution in [0.15, 0.2) is 45.2 Å². The maximum absolute atomic E-state index is 11.6. The van der Waals surface area contributed by atoms with Crippen LogP contribution in [0.25, 0.3) is 0 Å². The van der Waals surface area contributed by atoms with Gasteiger partial charge in [-0.2, -0.15) is 10.2 Å². The lowest BCUT2D eigenvalue weighted by atomic mass is 10.2. The summed E-state index contributed by atoms with van der Waals surface area (Å²) in [5.41, 5.74) is 0. The highest BCUT2D eigenvalue weighted by Gasteiger charge is 2.04. The molecule has 0 aliphatic heterocycles.